The van der Waals surface area contributed by atoms with Gasteiger partial charge in [0.05, 0.1) is 43.5 Å². The summed E-state index contributed by atoms with van der Waals surface area (Å²) in [5, 5.41) is 89.9. The van der Waals surface area contributed by atoms with Crippen LogP contribution in [0.3, 0.4) is 0 Å². The highest BCUT2D eigenvalue weighted by Gasteiger charge is 2.55. The lowest BCUT2D eigenvalue weighted by molar-refractivity contribution is -0.297. The van der Waals surface area contributed by atoms with Gasteiger partial charge in [0.15, 0.2) is 18.9 Å². The third-order valence-electron chi connectivity index (χ3n) is 10.5. The molecule has 0 aromatic rings. The van der Waals surface area contributed by atoms with Crippen molar-refractivity contribution in [1.29, 1.82) is 0 Å². The molecule has 3 aliphatic heterocycles. The molecule has 0 aromatic heterocycles. The van der Waals surface area contributed by atoms with Crippen molar-refractivity contribution < 1.29 is 74.1 Å². The van der Waals surface area contributed by atoms with E-state index in [9.17, 15) is 40.5 Å². The van der Waals surface area contributed by atoms with E-state index < -0.39 is 128 Å². The zero-order valence-corrected chi connectivity index (χ0v) is 28.7. The number of aliphatic hydroxyl groups excluding tert-OH is 7. The molecular weight excluding hydrogens is 698 g/mol. The molecule has 5 aliphatic rings. The second-order valence-electron chi connectivity index (χ2n) is 14.5. The number of carbonyl (C=O) groups is 1. The van der Waals surface area contributed by atoms with Crippen LogP contribution in [0.5, 0.6) is 0 Å². The van der Waals surface area contributed by atoms with Crippen LogP contribution < -0.4 is 39.3 Å². The van der Waals surface area contributed by atoms with E-state index in [1.165, 1.54) is 0 Å². The average molecular weight is 756 g/mol. The number of hydrogen-bond acceptors (Lipinski definition) is 21. The number of amides is 1. The summed E-state index contributed by atoms with van der Waals surface area (Å²) < 4.78 is 35.7. The molecule has 20 N–H and O–H groups in total. The van der Waals surface area contributed by atoms with Crippen molar-refractivity contribution in [2.45, 2.75) is 148 Å². The number of rotatable bonds is 14. The Morgan fingerprint density at radius 2 is 1.38 bits per heavy atom. The summed E-state index contributed by atoms with van der Waals surface area (Å²) in [6.45, 7) is -0.640. The maximum atomic E-state index is 13.1. The van der Waals surface area contributed by atoms with Gasteiger partial charge in [-0.05, 0) is 12.8 Å². The summed E-state index contributed by atoms with van der Waals surface area (Å²) in [5.74, 6) is -0.772. The van der Waals surface area contributed by atoms with Gasteiger partial charge in [0, 0.05) is 44.6 Å². The molecule has 2 saturated carbocycles. The van der Waals surface area contributed by atoms with Gasteiger partial charge in [-0.3, -0.25) is 4.79 Å². The first-order valence-electron chi connectivity index (χ1n) is 17.6. The predicted octanol–water partition coefficient (Wildman–Crippen LogP) is -9.23. The van der Waals surface area contributed by atoms with Crippen LogP contribution in [0.1, 0.15) is 25.7 Å². The molecular formula is C30H57N7O15. The number of carbonyl (C=O) groups excluding carboxylic acids is 1. The van der Waals surface area contributed by atoms with Crippen LogP contribution in [0, 0.1) is 0 Å². The van der Waals surface area contributed by atoms with Crippen molar-refractivity contribution >= 4 is 5.91 Å². The minimum Gasteiger partial charge on any atom is -0.395 e. The Bertz CT molecular complexity index is 1160. The summed E-state index contributed by atoms with van der Waals surface area (Å²) >= 11 is 0. The highest BCUT2D eigenvalue weighted by atomic mass is 16.8. The van der Waals surface area contributed by atoms with Crippen LogP contribution in [-0.2, 0) is 33.2 Å². The van der Waals surface area contributed by atoms with E-state index in [0.717, 1.165) is 0 Å². The lowest BCUT2D eigenvalue weighted by atomic mass is 9.75. The zero-order valence-electron chi connectivity index (χ0n) is 28.7. The van der Waals surface area contributed by atoms with E-state index in [1.807, 2.05) is 0 Å². The molecule has 0 bridgehead atoms. The Morgan fingerprint density at radius 3 is 2.02 bits per heavy atom. The minimum atomic E-state index is -1.74. The molecule has 0 unspecified atom stereocenters. The van der Waals surface area contributed by atoms with Crippen LogP contribution in [0.25, 0.3) is 0 Å². The fourth-order valence-corrected chi connectivity index (χ4v) is 7.42. The first kappa shape index (κ1) is 41.8. The summed E-state index contributed by atoms with van der Waals surface area (Å²) in [5.41, 5.74) is 28.6. The Balaban J connectivity index is 1.35. The molecule has 302 valence electrons. The Hall–Kier alpha value is -1.33. The first-order chi connectivity index (χ1) is 24.6. The van der Waals surface area contributed by atoms with Crippen molar-refractivity contribution in [3.05, 3.63) is 0 Å². The number of aliphatic hydroxyl groups is 8. The third kappa shape index (κ3) is 8.87. The van der Waals surface area contributed by atoms with Gasteiger partial charge in [-0.1, -0.05) is 0 Å². The summed E-state index contributed by atoms with van der Waals surface area (Å²) in [6, 6.07) is -4.60. The Morgan fingerprint density at radius 1 is 0.750 bits per heavy atom. The maximum absolute atomic E-state index is 13.1. The van der Waals surface area contributed by atoms with Gasteiger partial charge in [-0.2, -0.15) is 0 Å². The monoisotopic (exact) mass is 755 g/mol. The summed E-state index contributed by atoms with van der Waals surface area (Å²) in [6.07, 6.45) is -18.5. The normalized spacial score (nSPS) is 49.8. The van der Waals surface area contributed by atoms with E-state index in [0.29, 0.717) is 0 Å². The second-order valence-corrected chi connectivity index (χ2v) is 14.5. The van der Waals surface area contributed by atoms with Crippen LogP contribution >= 0.6 is 0 Å². The van der Waals surface area contributed by atoms with E-state index in [1.54, 1.807) is 0 Å². The molecule has 52 heavy (non-hydrogen) atoms. The van der Waals surface area contributed by atoms with E-state index >= 15 is 0 Å². The molecule has 5 rings (SSSR count). The summed E-state index contributed by atoms with van der Waals surface area (Å²) in [4.78, 5) is 13.1. The van der Waals surface area contributed by atoms with Crippen LogP contribution in [0.15, 0.2) is 0 Å². The van der Waals surface area contributed by atoms with Gasteiger partial charge in [0.1, 0.15) is 60.5 Å². The number of nitrogens with two attached hydrogens (primary N) is 5. The molecule has 0 radical (unpaired) electrons. The van der Waals surface area contributed by atoms with E-state index in [2.05, 4.69) is 10.6 Å². The molecule has 5 fully saturated rings. The van der Waals surface area contributed by atoms with Crippen molar-refractivity contribution in [2.75, 3.05) is 32.8 Å². The molecule has 22 nitrogen and oxygen atoms in total. The van der Waals surface area contributed by atoms with E-state index in [4.69, 9.17) is 62.2 Å². The maximum Gasteiger partial charge on any atom is 0.252 e. The van der Waals surface area contributed by atoms with Crippen molar-refractivity contribution in [3.8, 4) is 0 Å². The largest absolute Gasteiger partial charge is 0.395 e. The predicted molar refractivity (Wildman–Crippen MR) is 174 cm³/mol. The van der Waals surface area contributed by atoms with Crippen molar-refractivity contribution in [2.24, 2.45) is 28.7 Å². The van der Waals surface area contributed by atoms with Crippen molar-refractivity contribution in [1.82, 2.24) is 10.6 Å². The van der Waals surface area contributed by atoms with E-state index in [-0.39, 0.29) is 58.0 Å². The second kappa shape index (κ2) is 17.6. The number of hydrogen-bond donors (Lipinski definition) is 15. The highest BCUT2D eigenvalue weighted by molar-refractivity contribution is 5.86. The lowest BCUT2D eigenvalue weighted by Gasteiger charge is -2.48. The first-order valence-corrected chi connectivity index (χ1v) is 17.6. The summed E-state index contributed by atoms with van der Waals surface area (Å²) in [7, 11) is 0. The minimum absolute atomic E-state index is 0.0128. The van der Waals surface area contributed by atoms with Gasteiger partial charge in [0.25, 0.3) is 5.91 Å². The molecule has 3 saturated heterocycles. The molecule has 3 heterocycles. The van der Waals surface area contributed by atoms with Gasteiger partial charge in [-0.15, -0.1) is 0 Å². The average Bonchev–Trinajstić information content (AvgIpc) is 3.39. The number of nitrogens with one attached hydrogen (secondary N) is 2. The highest BCUT2D eigenvalue weighted by Crippen LogP contribution is 2.36. The molecule has 0 spiro atoms. The van der Waals surface area contributed by atoms with Gasteiger partial charge < -0.3 is 109 Å². The molecule has 22 heteroatoms. The van der Waals surface area contributed by atoms with Gasteiger partial charge >= 0.3 is 0 Å². The smallest absolute Gasteiger partial charge is 0.252 e. The standard InChI is InChI=1S/C30H57N7O15/c31-7-15-20(42)21(43)18(35)27(47-15)51-24-17(9-39)49-28(22(24)44)52-25-19(41)13(37-29(45)30(46)5-10(32)6-30)3-11(33)23(25)50-26-12(34)4-14(40)16(48-26)8-36-1-2-38/h10-28,36,38-44,46H,1-9,31-35H2,(H,37,45)/t10?,11-,12+,13+,14-,15-,16+,17+,18+,19-,20+,21+,22+,23+,24+,25+,26+,27+,28-,30?/m0/s1. The third-order valence-corrected chi connectivity index (χ3v) is 10.5. The van der Waals surface area contributed by atoms with Gasteiger partial charge in [0.2, 0.25) is 0 Å². The number of ether oxygens (including phenoxy) is 6. The zero-order chi connectivity index (χ0) is 38.1. The Labute approximate surface area is 299 Å². The topological polar surface area (TPSA) is 388 Å². The molecule has 0 aromatic carbocycles. The van der Waals surface area contributed by atoms with Gasteiger partial charge in [-0.25, -0.2) is 0 Å². The molecule has 18 atom stereocenters. The lowest BCUT2D eigenvalue weighted by Crippen LogP contribution is -2.69. The fraction of sp³-hybridized carbons (Fsp3) is 0.967. The SMILES string of the molecule is NC[C@@H]1O[C@H](O[C@H]2[C@@H](O)[C@H](O[C@@H]3[C@@H](O)[C@H](NC(=O)C4(O)CC(N)C4)C[C@H](N)[C@H]3O[C@H]3O[C@H](CNCCO)[C@@H](O)C[C@H]3N)O[C@@H]2CO)[C@H](N)[C@@H](O)[C@@H]1O. The van der Waals surface area contributed by atoms with Crippen LogP contribution in [0.4, 0.5) is 0 Å². The van der Waals surface area contributed by atoms with Crippen molar-refractivity contribution in [3.63, 3.8) is 0 Å². The Kier molecular flexibility index (Phi) is 14.2. The van der Waals surface area contributed by atoms with Crippen LogP contribution in [-0.4, -0.2) is 201 Å². The molecule has 2 aliphatic carbocycles. The quantitative estimate of drug-likeness (QED) is 0.0732. The molecule has 1 amide bonds. The fourth-order valence-electron chi connectivity index (χ4n) is 7.42. The van der Waals surface area contributed by atoms with Crippen LogP contribution in [0.2, 0.25) is 0 Å².